The summed E-state index contributed by atoms with van der Waals surface area (Å²) in [7, 11) is 0. The molecule has 0 bridgehead atoms. The Morgan fingerprint density at radius 3 is 2.55 bits per heavy atom. The minimum atomic E-state index is -0.143. The van der Waals surface area contributed by atoms with Crippen LogP contribution in [0.25, 0.3) is 0 Å². The van der Waals surface area contributed by atoms with Crippen LogP contribution in [0.5, 0.6) is 0 Å². The second-order valence-electron chi connectivity index (χ2n) is 5.20. The van der Waals surface area contributed by atoms with Crippen LogP contribution in [0.15, 0.2) is 0 Å². The zero-order valence-corrected chi connectivity index (χ0v) is 13.1. The highest BCUT2D eigenvalue weighted by molar-refractivity contribution is 5.77. The van der Waals surface area contributed by atoms with E-state index < -0.39 is 0 Å². The Kier molecular flexibility index (Phi) is 12.2. The minimum Gasteiger partial charge on any atom is -0.466 e. The van der Waals surface area contributed by atoms with Crippen LogP contribution in [0.1, 0.15) is 52.9 Å². The number of carbonyl (C=O) groups is 2. The van der Waals surface area contributed by atoms with E-state index in [1.54, 1.807) is 6.92 Å². The molecule has 5 heteroatoms. The first-order valence-electron chi connectivity index (χ1n) is 7.56. The van der Waals surface area contributed by atoms with Gasteiger partial charge in [-0.1, -0.05) is 20.3 Å². The van der Waals surface area contributed by atoms with Crippen LogP contribution < -0.4 is 5.32 Å². The van der Waals surface area contributed by atoms with Crippen LogP contribution in [0.3, 0.4) is 0 Å². The molecule has 0 aromatic heterocycles. The fraction of sp³-hybridized carbons (Fsp3) is 0.867. The molecule has 0 atom stereocenters. The molecule has 0 rings (SSSR count). The van der Waals surface area contributed by atoms with Gasteiger partial charge in [-0.3, -0.25) is 9.59 Å². The van der Waals surface area contributed by atoms with E-state index in [4.69, 9.17) is 9.47 Å². The van der Waals surface area contributed by atoms with Crippen molar-refractivity contribution in [2.45, 2.75) is 52.9 Å². The van der Waals surface area contributed by atoms with Crippen molar-refractivity contribution in [1.29, 1.82) is 0 Å². The number of esters is 1. The van der Waals surface area contributed by atoms with Crippen molar-refractivity contribution in [2.75, 3.05) is 26.4 Å². The van der Waals surface area contributed by atoms with E-state index in [0.717, 1.165) is 25.7 Å². The van der Waals surface area contributed by atoms with E-state index in [0.29, 0.717) is 32.1 Å². The molecule has 0 aromatic carbocycles. The Labute approximate surface area is 122 Å². The number of carbonyl (C=O) groups excluding carboxylic acids is 2. The SMILES string of the molecule is CCOC(=O)CCCCCNC(=O)COCCC(C)C. The lowest BCUT2D eigenvalue weighted by molar-refractivity contribution is -0.143. The molecule has 0 saturated heterocycles. The van der Waals surface area contributed by atoms with E-state index in [9.17, 15) is 9.59 Å². The maximum Gasteiger partial charge on any atom is 0.305 e. The molecule has 0 fully saturated rings. The summed E-state index contributed by atoms with van der Waals surface area (Å²) in [5.74, 6) is 0.381. The average molecular weight is 287 g/mol. The van der Waals surface area contributed by atoms with E-state index in [2.05, 4.69) is 19.2 Å². The van der Waals surface area contributed by atoms with Gasteiger partial charge < -0.3 is 14.8 Å². The molecule has 0 spiro atoms. The predicted octanol–water partition coefficient (Wildman–Crippen LogP) is 2.29. The summed E-state index contributed by atoms with van der Waals surface area (Å²) in [6.45, 7) is 7.89. The second kappa shape index (κ2) is 12.9. The second-order valence-corrected chi connectivity index (χ2v) is 5.20. The van der Waals surface area contributed by atoms with Gasteiger partial charge in [0.15, 0.2) is 0 Å². The number of unbranched alkanes of at least 4 members (excludes halogenated alkanes) is 2. The van der Waals surface area contributed by atoms with E-state index in [1.807, 2.05) is 0 Å². The zero-order chi connectivity index (χ0) is 15.2. The lowest BCUT2D eigenvalue weighted by atomic mass is 10.1. The highest BCUT2D eigenvalue weighted by Crippen LogP contribution is 2.01. The van der Waals surface area contributed by atoms with E-state index in [1.165, 1.54) is 0 Å². The number of nitrogens with one attached hydrogen (secondary N) is 1. The maximum absolute atomic E-state index is 11.4. The Morgan fingerprint density at radius 2 is 1.90 bits per heavy atom. The lowest BCUT2D eigenvalue weighted by Gasteiger charge is -2.07. The largest absolute Gasteiger partial charge is 0.466 e. The predicted molar refractivity (Wildman–Crippen MR) is 78.4 cm³/mol. The number of hydrogen-bond donors (Lipinski definition) is 1. The van der Waals surface area contributed by atoms with Crippen LogP contribution in [0.2, 0.25) is 0 Å². The van der Waals surface area contributed by atoms with Crippen LogP contribution in [0, 0.1) is 5.92 Å². The van der Waals surface area contributed by atoms with Gasteiger partial charge in [-0.25, -0.2) is 0 Å². The van der Waals surface area contributed by atoms with Crippen molar-refractivity contribution in [1.82, 2.24) is 5.32 Å². The fourth-order valence-corrected chi connectivity index (χ4v) is 1.57. The Bertz CT molecular complexity index is 267. The van der Waals surface area contributed by atoms with Gasteiger partial charge in [0.05, 0.1) is 6.61 Å². The normalized spacial score (nSPS) is 10.6. The summed E-state index contributed by atoms with van der Waals surface area (Å²) >= 11 is 0. The first kappa shape index (κ1) is 18.9. The van der Waals surface area contributed by atoms with Crippen molar-refractivity contribution in [3.63, 3.8) is 0 Å². The molecule has 0 aromatic rings. The molecule has 1 amide bonds. The summed E-state index contributed by atoms with van der Waals surface area (Å²) in [6.07, 6.45) is 4.02. The third kappa shape index (κ3) is 13.3. The zero-order valence-electron chi connectivity index (χ0n) is 13.1. The van der Waals surface area contributed by atoms with Gasteiger partial charge >= 0.3 is 5.97 Å². The van der Waals surface area contributed by atoms with Gasteiger partial charge in [-0.15, -0.1) is 0 Å². The fourth-order valence-electron chi connectivity index (χ4n) is 1.57. The Hall–Kier alpha value is -1.10. The summed E-state index contributed by atoms with van der Waals surface area (Å²) in [6, 6.07) is 0. The first-order chi connectivity index (χ1) is 9.56. The molecule has 0 aliphatic rings. The first-order valence-corrected chi connectivity index (χ1v) is 7.56. The number of rotatable bonds is 12. The van der Waals surface area contributed by atoms with Gasteiger partial charge in [0.2, 0.25) is 5.91 Å². The van der Waals surface area contributed by atoms with Crippen molar-refractivity contribution in [3.8, 4) is 0 Å². The third-order valence-corrected chi connectivity index (χ3v) is 2.76. The van der Waals surface area contributed by atoms with Crippen LogP contribution in [-0.2, 0) is 19.1 Å². The van der Waals surface area contributed by atoms with Gasteiger partial charge in [0, 0.05) is 19.6 Å². The molecule has 118 valence electrons. The molecule has 0 heterocycles. The van der Waals surface area contributed by atoms with Crippen molar-refractivity contribution in [2.24, 2.45) is 5.92 Å². The molecule has 0 saturated carbocycles. The molecule has 0 radical (unpaired) electrons. The quantitative estimate of drug-likeness (QED) is 0.442. The summed E-state index contributed by atoms with van der Waals surface area (Å²) in [4.78, 5) is 22.5. The molecular formula is C15H29NO4. The molecule has 0 aliphatic heterocycles. The molecular weight excluding hydrogens is 258 g/mol. The summed E-state index contributed by atoms with van der Waals surface area (Å²) in [5.41, 5.74) is 0. The Morgan fingerprint density at radius 1 is 1.15 bits per heavy atom. The number of hydrogen-bond acceptors (Lipinski definition) is 4. The number of amides is 1. The summed E-state index contributed by atoms with van der Waals surface area (Å²) in [5, 5.41) is 2.80. The van der Waals surface area contributed by atoms with Crippen LogP contribution in [-0.4, -0.2) is 38.2 Å². The minimum absolute atomic E-state index is 0.0702. The molecule has 5 nitrogen and oxygen atoms in total. The summed E-state index contributed by atoms with van der Waals surface area (Å²) < 4.78 is 10.1. The highest BCUT2D eigenvalue weighted by Gasteiger charge is 2.03. The third-order valence-electron chi connectivity index (χ3n) is 2.76. The monoisotopic (exact) mass is 287 g/mol. The van der Waals surface area contributed by atoms with E-state index >= 15 is 0 Å². The van der Waals surface area contributed by atoms with Crippen LogP contribution >= 0.6 is 0 Å². The van der Waals surface area contributed by atoms with Gasteiger partial charge in [-0.2, -0.15) is 0 Å². The lowest BCUT2D eigenvalue weighted by Crippen LogP contribution is -2.28. The average Bonchev–Trinajstić information content (AvgIpc) is 2.39. The van der Waals surface area contributed by atoms with Crippen LogP contribution in [0.4, 0.5) is 0 Å². The van der Waals surface area contributed by atoms with Gasteiger partial charge in [0.25, 0.3) is 0 Å². The van der Waals surface area contributed by atoms with Gasteiger partial charge in [0.1, 0.15) is 6.61 Å². The standard InChI is InChI=1S/C15H29NO4/c1-4-20-15(18)8-6-5-7-10-16-14(17)12-19-11-9-13(2)3/h13H,4-12H2,1-3H3,(H,16,17). The molecule has 1 N–H and O–H groups in total. The smallest absolute Gasteiger partial charge is 0.305 e. The van der Waals surface area contributed by atoms with Gasteiger partial charge in [-0.05, 0) is 32.1 Å². The van der Waals surface area contributed by atoms with Crippen molar-refractivity contribution < 1.29 is 19.1 Å². The van der Waals surface area contributed by atoms with Crippen molar-refractivity contribution in [3.05, 3.63) is 0 Å². The Balaban J connectivity index is 3.29. The molecule has 0 aliphatic carbocycles. The molecule has 20 heavy (non-hydrogen) atoms. The topological polar surface area (TPSA) is 64.6 Å². The van der Waals surface area contributed by atoms with E-state index in [-0.39, 0.29) is 18.5 Å². The molecule has 0 unspecified atom stereocenters. The number of ether oxygens (including phenoxy) is 2. The highest BCUT2D eigenvalue weighted by atomic mass is 16.5. The van der Waals surface area contributed by atoms with Crippen molar-refractivity contribution >= 4 is 11.9 Å². The maximum atomic E-state index is 11.4.